The molecule has 1 aliphatic rings. The molecular formula is C14H16FNO3. The van der Waals surface area contributed by atoms with E-state index in [0.29, 0.717) is 31.4 Å². The first kappa shape index (κ1) is 13.5. The first-order chi connectivity index (χ1) is 9.10. The molecule has 102 valence electrons. The number of ketones is 1. The van der Waals surface area contributed by atoms with Gasteiger partial charge in [-0.25, -0.2) is 4.39 Å². The third-order valence-corrected chi connectivity index (χ3v) is 3.33. The van der Waals surface area contributed by atoms with Gasteiger partial charge in [-0.2, -0.15) is 0 Å². The second kappa shape index (κ2) is 5.82. The molecule has 0 unspecified atom stereocenters. The Morgan fingerprint density at radius 1 is 1.37 bits per heavy atom. The molecule has 0 spiro atoms. The van der Waals surface area contributed by atoms with E-state index in [0.717, 1.165) is 0 Å². The van der Waals surface area contributed by atoms with E-state index in [4.69, 9.17) is 4.74 Å². The molecule has 2 rings (SSSR count). The van der Waals surface area contributed by atoms with Crippen LogP contribution in [0.25, 0.3) is 0 Å². The summed E-state index contributed by atoms with van der Waals surface area (Å²) in [5.74, 6) is -0.486. The molecule has 0 aromatic heterocycles. The minimum Gasteiger partial charge on any atom is -0.494 e. The second-order valence-electron chi connectivity index (χ2n) is 4.65. The first-order valence-corrected chi connectivity index (χ1v) is 6.26. The van der Waals surface area contributed by atoms with Gasteiger partial charge in [0.05, 0.1) is 7.11 Å². The molecule has 0 bridgehead atoms. The van der Waals surface area contributed by atoms with Crippen LogP contribution in [-0.2, 0) is 9.59 Å². The summed E-state index contributed by atoms with van der Waals surface area (Å²) in [6, 6.07) is 4.29. The number of anilines is 1. The highest BCUT2D eigenvalue weighted by Crippen LogP contribution is 2.25. The maximum Gasteiger partial charge on any atom is 0.227 e. The lowest BCUT2D eigenvalue weighted by Crippen LogP contribution is -2.27. The predicted molar refractivity (Wildman–Crippen MR) is 68.5 cm³/mol. The number of rotatable bonds is 3. The zero-order chi connectivity index (χ0) is 13.8. The van der Waals surface area contributed by atoms with Crippen LogP contribution >= 0.6 is 0 Å². The number of benzene rings is 1. The maximum atomic E-state index is 13.5. The van der Waals surface area contributed by atoms with Crippen LogP contribution in [0.1, 0.15) is 25.7 Å². The van der Waals surface area contributed by atoms with E-state index in [1.807, 2.05) is 0 Å². The third-order valence-electron chi connectivity index (χ3n) is 3.33. The summed E-state index contributed by atoms with van der Waals surface area (Å²) in [5, 5.41) is 2.67. The van der Waals surface area contributed by atoms with Crippen molar-refractivity contribution >= 4 is 17.4 Å². The smallest absolute Gasteiger partial charge is 0.227 e. The Hall–Kier alpha value is -1.91. The molecule has 4 nitrogen and oxygen atoms in total. The number of hydrogen-bond acceptors (Lipinski definition) is 3. The minimum absolute atomic E-state index is 0.140. The lowest BCUT2D eigenvalue weighted by molar-refractivity contribution is -0.125. The fraction of sp³-hybridized carbons (Fsp3) is 0.429. The fourth-order valence-corrected chi connectivity index (χ4v) is 2.19. The zero-order valence-corrected chi connectivity index (χ0v) is 10.7. The molecule has 0 atom stereocenters. The molecule has 1 aromatic rings. The number of carbonyl (C=O) groups excluding carboxylic acids is 2. The van der Waals surface area contributed by atoms with Crippen molar-refractivity contribution in [3.05, 3.63) is 24.0 Å². The van der Waals surface area contributed by atoms with Gasteiger partial charge < -0.3 is 10.1 Å². The Morgan fingerprint density at radius 2 is 2.05 bits per heavy atom. The van der Waals surface area contributed by atoms with Crippen LogP contribution in [0.5, 0.6) is 5.75 Å². The number of ether oxygens (including phenoxy) is 1. The van der Waals surface area contributed by atoms with Crippen molar-refractivity contribution in [3.8, 4) is 5.75 Å². The highest BCUT2D eigenvalue weighted by atomic mass is 19.1. The van der Waals surface area contributed by atoms with E-state index in [-0.39, 0.29) is 23.4 Å². The van der Waals surface area contributed by atoms with E-state index >= 15 is 0 Å². The van der Waals surface area contributed by atoms with Gasteiger partial charge in [-0.15, -0.1) is 0 Å². The number of nitrogens with one attached hydrogen (secondary N) is 1. The highest BCUT2D eigenvalue weighted by molar-refractivity contribution is 5.94. The summed E-state index contributed by atoms with van der Waals surface area (Å²) in [6.07, 6.45) is 2.05. The minimum atomic E-state index is -0.515. The molecule has 0 radical (unpaired) electrons. The van der Waals surface area contributed by atoms with Gasteiger partial charge in [-0.05, 0) is 25.0 Å². The molecule has 19 heavy (non-hydrogen) atoms. The molecule has 0 heterocycles. The molecule has 1 aromatic carbocycles. The molecule has 0 aliphatic heterocycles. The first-order valence-electron chi connectivity index (χ1n) is 6.26. The predicted octanol–water partition coefficient (Wildman–Crippen LogP) is 2.53. The Balaban J connectivity index is 1.99. The van der Waals surface area contributed by atoms with Crippen LogP contribution in [-0.4, -0.2) is 18.8 Å². The third kappa shape index (κ3) is 3.30. The van der Waals surface area contributed by atoms with Crippen LogP contribution in [0.3, 0.4) is 0 Å². The summed E-state index contributed by atoms with van der Waals surface area (Å²) < 4.78 is 18.3. The normalized spacial score (nSPS) is 16.2. The molecule has 5 heteroatoms. The topological polar surface area (TPSA) is 55.4 Å². The van der Waals surface area contributed by atoms with E-state index in [2.05, 4.69) is 5.32 Å². The highest BCUT2D eigenvalue weighted by Gasteiger charge is 2.24. The van der Waals surface area contributed by atoms with Gasteiger partial charge in [0.25, 0.3) is 0 Å². The Morgan fingerprint density at radius 3 is 2.63 bits per heavy atom. The van der Waals surface area contributed by atoms with Crippen LogP contribution in [0.15, 0.2) is 18.2 Å². The van der Waals surface area contributed by atoms with E-state index < -0.39 is 5.82 Å². The number of carbonyl (C=O) groups is 2. The fourth-order valence-electron chi connectivity index (χ4n) is 2.19. The quantitative estimate of drug-likeness (QED) is 0.913. The van der Waals surface area contributed by atoms with Gasteiger partial charge >= 0.3 is 0 Å². The second-order valence-corrected chi connectivity index (χ2v) is 4.65. The average Bonchev–Trinajstić information content (AvgIpc) is 2.39. The van der Waals surface area contributed by atoms with Crippen molar-refractivity contribution in [2.24, 2.45) is 5.92 Å². The lowest BCUT2D eigenvalue weighted by atomic mass is 9.88. The van der Waals surface area contributed by atoms with Crippen LogP contribution in [0.4, 0.5) is 10.1 Å². The van der Waals surface area contributed by atoms with Crippen molar-refractivity contribution in [3.63, 3.8) is 0 Å². The van der Waals surface area contributed by atoms with Crippen LogP contribution < -0.4 is 10.1 Å². The molecule has 1 fully saturated rings. The van der Waals surface area contributed by atoms with Crippen molar-refractivity contribution in [1.29, 1.82) is 0 Å². The number of methoxy groups -OCH3 is 1. The summed E-state index contributed by atoms with van der Waals surface area (Å²) in [7, 11) is 1.38. The monoisotopic (exact) mass is 265 g/mol. The van der Waals surface area contributed by atoms with Gasteiger partial charge in [0.2, 0.25) is 5.91 Å². The van der Waals surface area contributed by atoms with Crippen molar-refractivity contribution < 1.29 is 18.7 Å². The van der Waals surface area contributed by atoms with Gasteiger partial charge in [0.15, 0.2) is 11.6 Å². The van der Waals surface area contributed by atoms with Gasteiger partial charge in [0.1, 0.15) is 5.78 Å². The number of amides is 1. The molecule has 1 amide bonds. The molecular weight excluding hydrogens is 249 g/mol. The molecule has 1 saturated carbocycles. The molecule has 1 N–H and O–H groups in total. The zero-order valence-electron chi connectivity index (χ0n) is 10.7. The summed E-state index contributed by atoms with van der Waals surface area (Å²) in [6.45, 7) is 0. The van der Waals surface area contributed by atoms with Crippen molar-refractivity contribution in [2.45, 2.75) is 25.7 Å². The molecule has 1 aliphatic carbocycles. The Kier molecular flexibility index (Phi) is 4.14. The molecule has 0 saturated heterocycles. The Bertz CT molecular complexity index is 491. The summed E-state index contributed by atoms with van der Waals surface area (Å²) in [4.78, 5) is 23.1. The maximum absolute atomic E-state index is 13.5. The van der Waals surface area contributed by atoms with Crippen LogP contribution in [0.2, 0.25) is 0 Å². The van der Waals surface area contributed by atoms with Crippen molar-refractivity contribution in [1.82, 2.24) is 0 Å². The van der Waals surface area contributed by atoms with Crippen molar-refractivity contribution in [2.75, 3.05) is 12.4 Å². The van der Waals surface area contributed by atoms with E-state index in [1.165, 1.54) is 19.2 Å². The van der Waals surface area contributed by atoms with Crippen LogP contribution in [0, 0.1) is 11.7 Å². The SMILES string of the molecule is COc1ccc(NC(=O)C2CCC(=O)CC2)cc1F. The summed E-state index contributed by atoms with van der Waals surface area (Å²) >= 11 is 0. The van der Waals surface area contributed by atoms with E-state index in [9.17, 15) is 14.0 Å². The number of halogens is 1. The van der Waals surface area contributed by atoms with Gasteiger partial charge in [-0.3, -0.25) is 9.59 Å². The number of hydrogen-bond donors (Lipinski definition) is 1. The van der Waals surface area contributed by atoms with E-state index in [1.54, 1.807) is 6.07 Å². The van der Waals surface area contributed by atoms with Gasteiger partial charge in [-0.1, -0.05) is 0 Å². The Labute approximate surface area is 110 Å². The largest absolute Gasteiger partial charge is 0.494 e. The standard InChI is InChI=1S/C14H16FNO3/c1-19-13-7-4-10(8-12(13)15)16-14(18)9-2-5-11(17)6-3-9/h4,7-9H,2-3,5-6H2,1H3,(H,16,18). The number of Topliss-reactive ketones (excluding diaryl/α,β-unsaturated/α-hetero) is 1. The van der Waals surface area contributed by atoms with Gasteiger partial charge in [0, 0.05) is 30.5 Å². The average molecular weight is 265 g/mol. The summed E-state index contributed by atoms with van der Waals surface area (Å²) in [5.41, 5.74) is 0.403. The lowest BCUT2D eigenvalue weighted by Gasteiger charge is -2.20.